The zero-order chi connectivity index (χ0) is 12.3. The number of hydrogen-bond acceptors (Lipinski definition) is 2. The molecule has 3 atom stereocenters. The van der Waals surface area contributed by atoms with Crippen molar-refractivity contribution in [2.24, 2.45) is 0 Å². The van der Waals surface area contributed by atoms with Crippen LogP contribution in [0.25, 0.3) is 0 Å². The van der Waals surface area contributed by atoms with Crippen LogP contribution in [-0.2, 0) is 4.74 Å². The minimum Gasteiger partial charge on any atom is -0.373 e. The molecule has 0 spiro atoms. The van der Waals surface area contributed by atoms with Crippen molar-refractivity contribution in [2.75, 3.05) is 6.54 Å². The molecule has 3 unspecified atom stereocenters. The van der Waals surface area contributed by atoms with Gasteiger partial charge < -0.3 is 10.1 Å². The van der Waals surface area contributed by atoms with Gasteiger partial charge in [-0.05, 0) is 44.0 Å². The molecular weight excluding hydrogens is 278 g/mol. The number of benzene rings is 1. The summed E-state index contributed by atoms with van der Waals surface area (Å²) in [5, 5.41) is 3.54. The number of hydrogen-bond donors (Lipinski definition) is 1. The highest BCUT2D eigenvalue weighted by atomic mass is 79.9. The van der Waals surface area contributed by atoms with Gasteiger partial charge in [0, 0.05) is 4.47 Å². The Hall–Kier alpha value is -0.380. The molecule has 1 aliphatic heterocycles. The molecular formula is C14H20BrNO. The van der Waals surface area contributed by atoms with Crippen molar-refractivity contribution in [2.45, 2.75) is 44.9 Å². The molecule has 1 aromatic rings. The zero-order valence-electron chi connectivity index (χ0n) is 10.4. The van der Waals surface area contributed by atoms with E-state index in [1.165, 1.54) is 12.0 Å². The van der Waals surface area contributed by atoms with Crippen LogP contribution >= 0.6 is 15.9 Å². The first-order valence-corrected chi connectivity index (χ1v) is 7.14. The van der Waals surface area contributed by atoms with Crippen LogP contribution in [0, 0.1) is 0 Å². The summed E-state index contributed by atoms with van der Waals surface area (Å²) in [4.78, 5) is 0. The van der Waals surface area contributed by atoms with Crippen LogP contribution in [0.1, 0.15) is 38.3 Å². The molecule has 0 radical (unpaired) electrons. The fourth-order valence-electron chi connectivity index (χ4n) is 2.43. The lowest BCUT2D eigenvalue weighted by molar-refractivity contribution is 0.0319. The summed E-state index contributed by atoms with van der Waals surface area (Å²) in [6, 6.07) is 8.85. The molecule has 17 heavy (non-hydrogen) atoms. The van der Waals surface area contributed by atoms with Gasteiger partial charge in [0.05, 0.1) is 18.2 Å². The summed E-state index contributed by atoms with van der Waals surface area (Å²) in [5.74, 6) is 0. The largest absolute Gasteiger partial charge is 0.373 e. The van der Waals surface area contributed by atoms with Crippen molar-refractivity contribution in [1.82, 2.24) is 5.32 Å². The molecule has 1 aliphatic rings. The summed E-state index contributed by atoms with van der Waals surface area (Å²) in [6.07, 6.45) is 3.03. The average Bonchev–Trinajstić information content (AvgIpc) is 2.74. The Morgan fingerprint density at radius 3 is 2.59 bits per heavy atom. The third-order valence-electron chi connectivity index (χ3n) is 3.29. The maximum atomic E-state index is 5.99. The molecule has 2 rings (SSSR count). The van der Waals surface area contributed by atoms with E-state index in [-0.39, 0.29) is 0 Å². The molecule has 0 amide bonds. The van der Waals surface area contributed by atoms with Crippen LogP contribution in [0.5, 0.6) is 0 Å². The van der Waals surface area contributed by atoms with Crippen molar-refractivity contribution in [3.63, 3.8) is 0 Å². The van der Waals surface area contributed by atoms with Gasteiger partial charge in [0.25, 0.3) is 0 Å². The normalized spacial score (nSPS) is 26.1. The molecule has 2 nitrogen and oxygen atoms in total. The molecule has 0 aliphatic carbocycles. The predicted octanol–water partition coefficient (Wildman–Crippen LogP) is 3.67. The van der Waals surface area contributed by atoms with E-state index >= 15 is 0 Å². The predicted molar refractivity (Wildman–Crippen MR) is 74.1 cm³/mol. The molecule has 94 valence electrons. The number of nitrogens with one attached hydrogen (secondary N) is 1. The van der Waals surface area contributed by atoms with E-state index in [9.17, 15) is 0 Å². The van der Waals surface area contributed by atoms with E-state index in [4.69, 9.17) is 4.74 Å². The van der Waals surface area contributed by atoms with Crippen molar-refractivity contribution in [1.29, 1.82) is 0 Å². The summed E-state index contributed by atoms with van der Waals surface area (Å²) in [7, 11) is 0. The lowest BCUT2D eigenvalue weighted by Crippen LogP contribution is -2.32. The van der Waals surface area contributed by atoms with Gasteiger partial charge in [-0.25, -0.2) is 0 Å². The maximum absolute atomic E-state index is 5.99. The topological polar surface area (TPSA) is 21.3 Å². The number of halogens is 1. The Morgan fingerprint density at radius 2 is 2.06 bits per heavy atom. The Morgan fingerprint density at radius 1 is 1.35 bits per heavy atom. The van der Waals surface area contributed by atoms with E-state index in [1.807, 2.05) is 0 Å². The van der Waals surface area contributed by atoms with Crippen LogP contribution in [0.2, 0.25) is 0 Å². The molecule has 1 fully saturated rings. The quantitative estimate of drug-likeness (QED) is 0.916. The van der Waals surface area contributed by atoms with Crippen molar-refractivity contribution < 1.29 is 4.74 Å². The van der Waals surface area contributed by atoms with E-state index in [0.717, 1.165) is 17.4 Å². The van der Waals surface area contributed by atoms with Crippen LogP contribution in [-0.4, -0.2) is 18.8 Å². The number of rotatable bonds is 4. The highest BCUT2D eigenvalue weighted by molar-refractivity contribution is 9.10. The molecule has 3 heteroatoms. The number of ether oxygens (including phenoxy) is 1. The van der Waals surface area contributed by atoms with Gasteiger partial charge in [-0.15, -0.1) is 0 Å². The third-order valence-corrected chi connectivity index (χ3v) is 3.82. The first-order chi connectivity index (χ1) is 8.20. The Kier molecular flexibility index (Phi) is 4.60. The first kappa shape index (κ1) is 13.1. The van der Waals surface area contributed by atoms with Gasteiger partial charge in [-0.1, -0.05) is 35.0 Å². The SMILES string of the molecule is CCNC(c1ccc(Br)cc1)C1CCC(C)O1. The monoisotopic (exact) mass is 297 g/mol. The standard InChI is InChI=1S/C14H20BrNO/c1-3-16-14(13-9-4-10(2)17-13)11-5-7-12(15)8-6-11/h5-8,10,13-14,16H,3-4,9H2,1-2H3. The molecule has 0 aromatic heterocycles. The van der Waals surface area contributed by atoms with E-state index in [0.29, 0.717) is 18.2 Å². The highest BCUT2D eigenvalue weighted by Gasteiger charge is 2.29. The van der Waals surface area contributed by atoms with Gasteiger partial charge in [0.15, 0.2) is 0 Å². The average molecular weight is 298 g/mol. The van der Waals surface area contributed by atoms with Gasteiger partial charge in [0.2, 0.25) is 0 Å². The molecule has 1 heterocycles. The second kappa shape index (κ2) is 5.98. The van der Waals surface area contributed by atoms with Crippen LogP contribution < -0.4 is 5.32 Å². The minimum atomic E-state index is 0.311. The third kappa shape index (κ3) is 3.30. The zero-order valence-corrected chi connectivity index (χ0v) is 12.0. The molecule has 0 saturated carbocycles. The second-order valence-electron chi connectivity index (χ2n) is 4.65. The van der Waals surface area contributed by atoms with Crippen LogP contribution in [0.3, 0.4) is 0 Å². The van der Waals surface area contributed by atoms with E-state index < -0.39 is 0 Å². The minimum absolute atomic E-state index is 0.311. The van der Waals surface area contributed by atoms with Gasteiger partial charge >= 0.3 is 0 Å². The van der Waals surface area contributed by atoms with E-state index in [2.05, 4.69) is 59.4 Å². The first-order valence-electron chi connectivity index (χ1n) is 6.35. The summed E-state index contributed by atoms with van der Waals surface area (Å²) in [6.45, 7) is 5.27. The van der Waals surface area contributed by atoms with Crippen LogP contribution in [0.15, 0.2) is 28.7 Å². The molecule has 1 saturated heterocycles. The highest BCUT2D eigenvalue weighted by Crippen LogP contribution is 2.30. The maximum Gasteiger partial charge on any atom is 0.0774 e. The van der Waals surface area contributed by atoms with Gasteiger partial charge in [0.1, 0.15) is 0 Å². The number of likely N-dealkylation sites (N-methyl/N-ethyl adjacent to an activating group) is 1. The van der Waals surface area contributed by atoms with Crippen LogP contribution in [0.4, 0.5) is 0 Å². The fraction of sp³-hybridized carbons (Fsp3) is 0.571. The fourth-order valence-corrected chi connectivity index (χ4v) is 2.70. The van der Waals surface area contributed by atoms with Gasteiger partial charge in [-0.3, -0.25) is 0 Å². The lowest BCUT2D eigenvalue weighted by Gasteiger charge is -2.25. The molecule has 1 aromatic carbocycles. The van der Waals surface area contributed by atoms with Crippen molar-refractivity contribution >= 4 is 15.9 Å². The second-order valence-corrected chi connectivity index (χ2v) is 5.57. The molecule has 0 bridgehead atoms. The molecule has 1 N–H and O–H groups in total. The smallest absolute Gasteiger partial charge is 0.0774 e. The van der Waals surface area contributed by atoms with Gasteiger partial charge in [-0.2, -0.15) is 0 Å². The van der Waals surface area contributed by atoms with Crippen molar-refractivity contribution in [3.8, 4) is 0 Å². The summed E-state index contributed by atoms with van der Waals surface area (Å²) in [5.41, 5.74) is 1.31. The Bertz CT molecular complexity index is 352. The van der Waals surface area contributed by atoms with Crippen molar-refractivity contribution in [3.05, 3.63) is 34.3 Å². The summed E-state index contributed by atoms with van der Waals surface area (Å²) >= 11 is 3.47. The lowest BCUT2D eigenvalue weighted by atomic mass is 9.99. The Labute approximate surface area is 112 Å². The van der Waals surface area contributed by atoms with E-state index in [1.54, 1.807) is 0 Å². The summed E-state index contributed by atoms with van der Waals surface area (Å²) < 4.78 is 7.11. The Balaban J connectivity index is 2.13.